The zero-order valence-electron chi connectivity index (χ0n) is 15.2. The fourth-order valence-corrected chi connectivity index (χ4v) is 2.91. The third-order valence-corrected chi connectivity index (χ3v) is 4.93. The summed E-state index contributed by atoms with van der Waals surface area (Å²) in [6.07, 6.45) is 4.69. The van der Waals surface area contributed by atoms with Gasteiger partial charge in [-0.15, -0.1) is 0 Å². The Kier molecular flexibility index (Phi) is 5.11. The highest BCUT2D eigenvalue weighted by molar-refractivity contribution is 6.29. The molecule has 0 aliphatic heterocycles. The van der Waals surface area contributed by atoms with Crippen molar-refractivity contribution in [2.45, 2.75) is 45.8 Å². The number of aliphatic hydroxyl groups is 1. The number of rotatable bonds is 6. The zero-order chi connectivity index (χ0) is 18.9. The third kappa shape index (κ3) is 3.50. The zero-order valence-corrected chi connectivity index (χ0v) is 16.0. The Bertz CT molecular complexity index is 872. The van der Waals surface area contributed by atoms with Gasteiger partial charge in [0.05, 0.1) is 29.8 Å². The summed E-state index contributed by atoms with van der Waals surface area (Å²) in [6.45, 7) is 8.38. The van der Waals surface area contributed by atoms with Crippen LogP contribution in [-0.2, 0) is 12.0 Å². The highest BCUT2D eigenvalue weighted by Gasteiger charge is 2.38. The minimum atomic E-state index is -0.484. The van der Waals surface area contributed by atoms with Crippen LogP contribution in [0.15, 0.2) is 35.2 Å². The topological polar surface area (TPSA) is 89.9 Å². The standard InChI is InChI=1S/C18H22ClN5O2/c1-11(2)18(4,14-5-6-15(19)20-8-14)17-22-16(26-23-17)13-7-21-24(10-13)9-12(3)25/h5-8,10-12,25H,9H2,1-4H3. The van der Waals surface area contributed by atoms with Gasteiger partial charge in [0, 0.05) is 12.4 Å². The first kappa shape index (κ1) is 18.5. The molecule has 3 aromatic heterocycles. The van der Waals surface area contributed by atoms with E-state index < -0.39 is 11.5 Å². The Labute approximate surface area is 157 Å². The molecule has 0 aliphatic rings. The summed E-state index contributed by atoms with van der Waals surface area (Å²) < 4.78 is 7.13. The molecule has 0 fully saturated rings. The van der Waals surface area contributed by atoms with Crippen LogP contribution in [0, 0.1) is 5.92 Å². The van der Waals surface area contributed by atoms with Gasteiger partial charge in [0.15, 0.2) is 5.82 Å². The molecule has 1 N–H and O–H groups in total. The summed E-state index contributed by atoms with van der Waals surface area (Å²) in [5, 5.41) is 18.4. The molecule has 3 heterocycles. The molecule has 3 aromatic rings. The van der Waals surface area contributed by atoms with Crippen LogP contribution in [0.25, 0.3) is 11.5 Å². The summed E-state index contributed by atoms with van der Waals surface area (Å²) in [4.78, 5) is 8.80. The predicted molar refractivity (Wildman–Crippen MR) is 97.7 cm³/mol. The quantitative estimate of drug-likeness (QED) is 0.664. The molecular weight excluding hydrogens is 354 g/mol. The Morgan fingerprint density at radius 1 is 1.27 bits per heavy atom. The molecular formula is C18H22ClN5O2. The summed E-state index contributed by atoms with van der Waals surface area (Å²) in [5.41, 5.74) is 1.20. The molecule has 0 radical (unpaired) electrons. The van der Waals surface area contributed by atoms with Gasteiger partial charge in [0.1, 0.15) is 5.15 Å². The van der Waals surface area contributed by atoms with Gasteiger partial charge in [-0.3, -0.25) is 4.68 Å². The number of pyridine rings is 1. The van der Waals surface area contributed by atoms with E-state index in [1.165, 1.54) is 0 Å². The first-order valence-electron chi connectivity index (χ1n) is 8.47. The molecule has 0 aromatic carbocycles. The van der Waals surface area contributed by atoms with E-state index in [2.05, 4.69) is 41.0 Å². The molecule has 7 nitrogen and oxygen atoms in total. The minimum Gasteiger partial charge on any atom is -0.391 e. The lowest BCUT2D eigenvalue weighted by Gasteiger charge is -2.30. The van der Waals surface area contributed by atoms with Gasteiger partial charge in [-0.25, -0.2) is 4.98 Å². The van der Waals surface area contributed by atoms with Crippen molar-refractivity contribution >= 4 is 11.6 Å². The van der Waals surface area contributed by atoms with Crippen molar-refractivity contribution in [2.75, 3.05) is 0 Å². The maximum Gasteiger partial charge on any atom is 0.261 e. The number of halogens is 1. The number of hydrogen-bond acceptors (Lipinski definition) is 6. The van der Waals surface area contributed by atoms with Crippen LogP contribution in [0.5, 0.6) is 0 Å². The van der Waals surface area contributed by atoms with Crippen molar-refractivity contribution < 1.29 is 9.63 Å². The monoisotopic (exact) mass is 375 g/mol. The van der Waals surface area contributed by atoms with Crippen LogP contribution < -0.4 is 0 Å². The number of aromatic nitrogens is 5. The Morgan fingerprint density at radius 2 is 2.04 bits per heavy atom. The minimum absolute atomic E-state index is 0.203. The normalized spacial score (nSPS) is 15.2. The summed E-state index contributed by atoms with van der Waals surface area (Å²) in [6, 6.07) is 3.70. The van der Waals surface area contributed by atoms with Crippen molar-refractivity contribution in [3.63, 3.8) is 0 Å². The van der Waals surface area contributed by atoms with Gasteiger partial charge < -0.3 is 9.63 Å². The van der Waals surface area contributed by atoms with E-state index in [0.29, 0.717) is 29.0 Å². The van der Waals surface area contributed by atoms with E-state index in [0.717, 1.165) is 5.56 Å². The largest absolute Gasteiger partial charge is 0.391 e. The molecule has 138 valence electrons. The fourth-order valence-electron chi connectivity index (χ4n) is 2.80. The summed E-state index contributed by atoms with van der Waals surface area (Å²) in [5.74, 6) is 1.18. The van der Waals surface area contributed by atoms with E-state index in [1.54, 1.807) is 36.3 Å². The van der Waals surface area contributed by atoms with Gasteiger partial charge in [-0.05, 0) is 31.4 Å². The smallest absolute Gasteiger partial charge is 0.261 e. The highest BCUT2D eigenvalue weighted by atomic mass is 35.5. The lowest BCUT2D eigenvalue weighted by atomic mass is 9.73. The predicted octanol–water partition coefficient (Wildman–Crippen LogP) is 3.32. The van der Waals surface area contributed by atoms with Crippen molar-refractivity contribution in [2.24, 2.45) is 5.92 Å². The highest BCUT2D eigenvalue weighted by Crippen LogP contribution is 2.38. The van der Waals surface area contributed by atoms with E-state index in [4.69, 9.17) is 16.1 Å². The molecule has 2 unspecified atom stereocenters. The second-order valence-electron chi connectivity index (χ2n) is 6.95. The van der Waals surface area contributed by atoms with E-state index in [9.17, 15) is 5.11 Å². The summed E-state index contributed by atoms with van der Waals surface area (Å²) in [7, 11) is 0. The first-order chi connectivity index (χ1) is 12.3. The van der Waals surface area contributed by atoms with Crippen LogP contribution >= 0.6 is 11.6 Å². The molecule has 0 amide bonds. The van der Waals surface area contributed by atoms with Crippen LogP contribution in [0.4, 0.5) is 0 Å². The number of hydrogen-bond donors (Lipinski definition) is 1. The van der Waals surface area contributed by atoms with Gasteiger partial charge in [-0.2, -0.15) is 10.1 Å². The second kappa shape index (κ2) is 7.17. The average molecular weight is 376 g/mol. The van der Waals surface area contributed by atoms with Crippen LogP contribution in [-0.4, -0.2) is 36.1 Å². The lowest BCUT2D eigenvalue weighted by molar-refractivity contribution is 0.168. The SMILES string of the molecule is CC(O)Cn1cc(-c2nc(C(C)(c3ccc(Cl)nc3)C(C)C)no2)cn1. The molecule has 0 aliphatic carbocycles. The first-order valence-corrected chi connectivity index (χ1v) is 8.85. The van der Waals surface area contributed by atoms with Gasteiger partial charge >= 0.3 is 0 Å². The number of nitrogens with zero attached hydrogens (tertiary/aromatic N) is 5. The maximum atomic E-state index is 9.48. The van der Waals surface area contributed by atoms with Crippen molar-refractivity contribution in [1.29, 1.82) is 0 Å². The van der Waals surface area contributed by atoms with E-state index in [1.807, 2.05) is 6.07 Å². The van der Waals surface area contributed by atoms with Crippen LogP contribution in [0.1, 0.15) is 39.1 Å². The van der Waals surface area contributed by atoms with Gasteiger partial charge in [-0.1, -0.05) is 36.7 Å². The van der Waals surface area contributed by atoms with Crippen molar-refractivity contribution in [3.05, 3.63) is 47.3 Å². The molecule has 26 heavy (non-hydrogen) atoms. The van der Waals surface area contributed by atoms with E-state index >= 15 is 0 Å². The second-order valence-corrected chi connectivity index (χ2v) is 7.34. The summed E-state index contributed by atoms with van der Waals surface area (Å²) >= 11 is 5.92. The maximum absolute atomic E-state index is 9.48. The Morgan fingerprint density at radius 3 is 2.65 bits per heavy atom. The van der Waals surface area contributed by atoms with Crippen LogP contribution in [0.3, 0.4) is 0 Å². The molecule has 0 saturated carbocycles. The average Bonchev–Trinajstić information content (AvgIpc) is 3.23. The van der Waals surface area contributed by atoms with Crippen molar-refractivity contribution in [3.8, 4) is 11.5 Å². The molecule has 0 saturated heterocycles. The Balaban J connectivity index is 1.95. The molecule has 8 heteroatoms. The van der Waals surface area contributed by atoms with E-state index in [-0.39, 0.29) is 5.92 Å². The van der Waals surface area contributed by atoms with Gasteiger partial charge in [0.25, 0.3) is 5.89 Å². The van der Waals surface area contributed by atoms with Crippen molar-refractivity contribution in [1.82, 2.24) is 24.9 Å². The van der Waals surface area contributed by atoms with Crippen LogP contribution in [0.2, 0.25) is 5.15 Å². The number of aliphatic hydroxyl groups excluding tert-OH is 1. The molecule has 2 atom stereocenters. The lowest BCUT2D eigenvalue weighted by Crippen LogP contribution is -2.31. The Hall–Kier alpha value is -2.25. The third-order valence-electron chi connectivity index (χ3n) is 4.70. The molecule has 3 rings (SSSR count). The molecule has 0 bridgehead atoms. The fraction of sp³-hybridized carbons (Fsp3) is 0.444. The van der Waals surface area contributed by atoms with Gasteiger partial charge in [0.2, 0.25) is 0 Å². The molecule has 0 spiro atoms.